The minimum absolute atomic E-state index is 0.0423. The third-order valence-corrected chi connectivity index (χ3v) is 3.40. The summed E-state index contributed by atoms with van der Waals surface area (Å²) >= 11 is 5.99. The Kier molecular flexibility index (Phi) is 4.80. The lowest BCUT2D eigenvalue weighted by Crippen LogP contribution is -2.34. The van der Waals surface area contributed by atoms with Gasteiger partial charge in [0.05, 0.1) is 22.2 Å². The highest BCUT2D eigenvalue weighted by Gasteiger charge is 2.37. The monoisotopic (exact) mass is 341 g/mol. The molecule has 0 saturated heterocycles. The molecule has 1 N–H and O–H groups in total. The van der Waals surface area contributed by atoms with Crippen LogP contribution in [-0.2, 0) is 14.3 Å². The van der Waals surface area contributed by atoms with Crippen LogP contribution in [0.5, 0.6) is 0 Å². The topological polar surface area (TPSA) is 122 Å². The summed E-state index contributed by atoms with van der Waals surface area (Å²) in [5.74, 6) is -1.92. The van der Waals surface area contributed by atoms with E-state index in [2.05, 4.69) is 5.10 Å². The van der Waals surface area contributed by atoms with Crippen LogP contribution in [0.15, 0.2) is 23.3 Å². The van der Waals surface area contributed by atoms with Crippen molar-refractivity contribution >= 4 is 40.6 Å². The number of hydrogen-bond acceptors (Lipinski definition) is 7. The number of carbonyl (C=O) groups excluding carboxylic acids is 1. The highest BCUT2D eigenvalue weighted by atomic mass is 35.5. The Balaban J connectivity index is 2.39. The first-order chi connectivity index (χ1) is 10.8. The van der Waals surface area contributed by atoms with E-state index in [1.165, 1.54) is 12.1 Å². The smallest absolute Gasteiger partial charge is 0.354 e. The Labute approximate surface area is 135 Å². The Bertz CT molecular complexity index is 705. The van der Waals surface area contributed by atoms with E-state index < -0.39 is 22.9 Å². The molecule has 1 heterocycles. The molecule has 1 aromatic rings. The van der Waals surface area contributed by atoms with Crippen molar-refractivity contribution in [3.63, 3.8) is 0 Å². The SMILES string of the molecule is CCOC(=O)C1=NN(c2ccc([N+](=O)[O-])cc2Cl)C(C(=O)O)C1. The lowest BCUT2D eigenvalue weighted by atomic mass is 10.1. The van der Waals surface area contributed by atoms with Gasteiger partial charge in [0.1, 0.15) is 5.71 Å². The number of carboxylic acid groups (broad SMARTS) is 1. The Morgan fingerprint density at radius 2 is 2.26 bits per heavy atom. The van der Waals surface area contributed by atoms with E-state index in [1.807, 2.05) is 0 Å². The first-order valence-corrected chi connectivity index (χ1v) is 6.93. The second kappa shape index (κ2) is 6.61. The predicted octanol–water partition coefficient (Wildman–Crippen LogP) is 1.83. The van der Waals surface area contributed by atoms with E-state index in [0.717, 1.165) is 11.1 Å². The maximum atomic E-state index is 11.7. The summed E-state index contributed by atoms with van der Waals surface area (Å²) in [5.41, 5.74) is -0.128. The van der Waals surface area contributed by atoms with Crippen LogP contribution in [0.2, 0.25) is 5.02 Å². The molecule has 2 rings (SSSR count). The zero-order valence-corrected chi connectivity index (χ0v) is 12.7. The van der Waals surface area contributed by atoms with Gasteiger partial charge in [0.15, 0.2) is 6.04 Å². The fourth-order valence-electron chi connectivity index (χ4n) is 2.06. The van der Waals surface area contributed by atoms with Crippen LogP contribution in [-0.4, -0.2) is 40.3 Å². The highest BCUT2D eigenvalue weighted by Crippen LogP contribution is 2.34. The summed E-state index contributed by atoms with van der Waals surface area (Å²) in [6.45, 7) is 1.75. The number of nitro groups is 1. The molecule has 0 aromatic heterocycles. The molecule has 0 radical (unpaired) electrons. The van der Waals surface area contributed by atoms with Crippen molar-refractivity contribution < 1.29 is 24.4 Å². The van der Waals surface area contributed by atoms with Gasteiger partial charge in [-0.3, -0.25) is 10.1 Å². The molecule has 1 aliphatic heterocycles. The molecule has 10 heteroatoms. The molecule has 9 nitrogen and oxygen atoms in total. The molecule has 0 fully saturated rings. The fourth-order valence-corrected chi connectivity index (χ4v) is 2.32. The zero-order valence-electron chi connectivity index (χ0n) is 11.9. The van der Waals surface area contributed by atoms with Gasteiger partial charge in [0.25, 0.3) is 5.69 Å². The van der Waals surface area contributed by atoms with Crippen molar-refractivity contribution in [2.75, 3.05) is 11.6 Å². The summed E-state index contributed by atoms with van der Waals surface area (Å²) in [6, 6.07) is 2.41. The number of nitro benzene ring substituents is 1. The number of anilines is 1. The standard InChI is InChI=1S/C13H12ClN3O6/c1-2-23-13(20)9-6-11(12(18)19)16(15-9)10-4-3-7(17(21)22)5-8(10)14/h3-5,11H,2,6H2,1H3,(H,18,19). The summed E-state index contributed by atoms with van der Waals surface area (Å²) in [7, 11) is 0. The number of hydrogen-bond donors (Lipinski definition) is 1. The lowest BCUT2D eigenvalue weighted by Gasteiger charge is -2.20. The number of halogens is 1. The fraction of sp³-hybridized carbons (Fsp3) is 0.308. The third kappa shape index (κ3) is 3.39. The Morgan fingerprint density at radius 3 is 2.78 bits per heavy atom. The van der Waals surface area contributed by atoms with Gasteiger partial charge < -0.3 is 9.84 Å². The number of esters is 1. The van der Waals surface area contributed by atoms with Gasteiger partial charge in [0.2, 0.25) is 0 Å². The predicted molar refractivity (Wildman–Crippen MR) is 80.7 cm³/mol. The number of carbonyl (C=O) groups is 2. The lowest BCUT2D eigenvalue weighted by molar-refractivity contribution is -0.384. The van der Waals surface area contributed by atoms with Gasteiger partial charge in [-0.05, 0) is 13.0 Å². The van der Waals surface area contributed by atoms with E-state index in [0.29, 0.717) is 0 Å². The highest BCUT2D eigenvalue weighted by molar-refractivity contribution is 6.38. The molecule has 0 spiro atoms. The molecule has 1 aromatic carbocycles. The number of hydrazone groups is 1. The summed E-state index contributed by atoms with van der Waals surface area (Å²) < 4.78 is 4.81. The second-order valence-electron chi connectivity index (χ2n) is 4.56. The number of nitrogens with zero attached hydrogens (tertiary/aromatic N) is 3. The normalized spacial score (nSPS) is 16.9. The van der Waals surface area contributed by atoms with Crippen LogP contribution in [0.1, 0.15) is 13.3 Å². The van der Waals surface area contributed by atoms with Gasteiger partial charge in [-0.1, -0.05) is 11.6 Å². The maximum Gasteiger partial charge on any atom is 0.354 e. The van der Waals surface area contributed by atoms with Crippen LogP contribution in [0.3, 0.4) is 0 Å². The van der Waals surface area contributed by atoms with Crippen molar-refractivity contribution in [3.8, 4) is 0 Å². The molecule has 1 atom stereocenters. The Hall–Kier alpha value is -2.68. The first-order valence-electron chi connectivity index (χ1n) is 6.55. The van der Waals surface area contributed by atoms with Crippen LogP contribution in [0.25, 0.3) is 0 Å². The first kappa shape index (κ1) is 16.7. The summed E-state index contributed by atoms with van der Waals surface area (Å²) in [4.78, 5) is 33.2. The van der Waals surface area contributed by atoms with Gasteiger partial charge in [-0.25, -0.2) is 14.6 Å². The average Bonchev–Trinajstić information content (AvgIpc) is 2.92. The minimum Gasteiger partial charge on any atom is -0.480 e. The van der Waals surface area contributed by atoms with Crippen LogP contribution < -0.4 is 5.01 Å². The number of carboxylic acids is 1. The van der Waals surface area contributed by atoms with E-state index >= 15 is 0 Å². The summed E-state index contributed by atoms with van der Waals surface area (Å²) in [5, 5.41) is 25.0. The molecule has 1 unspecified atom stereocenters. The molecule has 0 saturated carbocycles. The van der Waals surface area contributed by atoms with Crippen molar-refractivity contribution in [1.29, 1.82) is 0 Å². The molecular formula is C13H12ClN3O6. The number of non-ortho nitro benzene ring substituents is 1. The van der Waals surface area contributed by atoms with Crippen LogP contribution >= 0.6 is 11.6 Å². The molecule has 0 bridgehead atoms. The number of ether oxygens (including phenoxy) is 1. The third-order valence-electron chi connectivity index (χ3n) is 3.10. The molecule has 0 amide bonds. The van der Waals surface area contributed by atoms with Crippen LogP contribution in [0.4, 0.5) is 11.4 Å². The van der Waals surface area contributed by atoms with Gasteiger partial charge >= 0.3 is 11.9 Å². The number of aliphatic carboxylic acids is 1. The largest absolute Gasteiger partial charge is 0.480 e. The zero-order chi connectivity index (χ0) is 17.1. The van der Waals surface area contributed by atoms with Crippen molar-refractivity contribution in [1.82, 2.24) is 0 Å². The van der Waals surface area contributed by atoms with Gasteiger partial charge in [-0.2, -0.15) is 5.10 Å². The molecule has 122 valence electrons. The minimum atomic E-state index is -1.21. The van der Waals surface area contributed by atoms with E-state index in [-0.39, 0.29) is 35.1 Å². The van der Waals surface area contributed by atoms with E-state index in [1.54, 1.807) is 6.92 Å². The molecule has 23 heavy (non-hydrogen) atoms. The van der Waals surface area contributed by atoms with E-state index in [4.69, 9.17) is 16.3 Å². The van der Waals surface area contributed by atoms with Crippen molar-refractivity contribution in [2.24, 2.45) is 5.10 Å². The average molecular weight is 342 g/mol. The quantitative estimate of drug-likeness (QED) is 0.492. The van der Waals surface area contributed by atoms with Crippen molar-refractivity contribution in [3.05, 3.63) is 33.3 Å². The molecule has 1 aliphatic rings. The van der Waals surface area contributed by atoms with E-state index in [9.17, 15) is 24.8 Å². The number of benzene rings is 1. The maximum absolute atomic E-state index is 11.7. The summed E-state index contributed by atoms with van der Waals surface area (Å²) in [6.07, 6.45) is -0.151. The Morgan fingerprint density at radius 1 is 1.57 bits per heavy atom. The van der Waals surface area contributed by atoms with Crippen molar-refractivity contribution in [2.45, 2.75) is 19.4 Å². The number of rotatable bonds is 5. The van der Waals surface area contributed by atoms with Crippen LogP contribution in [0, 0.1) is 10.1 Å². The molecular weight excluding hydrogens is 330 g/mol. The van der Waals surface area contributed by atoms with Gasteiger partial charge in [-0.15, -0.1) is 0 Å². The second-order valence-corrected chi connectivity index (χ2v) is 4.97. The van der Waals surface area contributed by atoms with Gasteiger partial charge in [0, 0.05) is 18.6 Å². The molecule has 0 aliphatic carbocycles.